The third-order valence-corrected chi connectivity index (χ3v) is 15.4. The fraction of sp³-hybridized carbons (Fsp3) is 1.00. The summed E-state index contributed by atoms with van der Waals surface area (Å²) in [5, 5.41) is 15.6. The van der Waals surface area contributed by atoms with Gasteiger partial charge in [-0.1, -0.05) is 0 Å². The second kappa shape index (κ2) is 31.8. The van der Waals surface area contributed by atoms with Gasteiger partial charge in [-0.2, -0.15) is 0 Å². The van der Waals surface area contributed by atoms with Gasteiger partial charge in [-0.05, 0) is 137 Å². The lowest BCUT2D eigenvalue weighted by molar-refractivity contribution is -0.0734. The van der Waals surface area contributed by atoms with Crippen molar-refractivity contribution in [2.75, 3.05) is 81.2 Å². The zero-order chi connectivity index (χ0) is 33.7. The van der Waals surface area contributed by atoms with Gasteiger partial charge in [0, 0.05) is 0 Å². The Labute approximate surface area is 281 Å². The molecule has 0 bridgehead atoms. The van der Waals surface area contributed by atoms with E-state index in [1.54, 1.807) is 0 Å². The van der Waals surface area contributed by atoms with Crippen LogP contribution in [0.4, 0.5) is 0 Å². The molecule has 0 aliphatic heterocycles. The normalized spacial score (nSPS) is 17.5. The smallest absolute Gasteiger partial charge is 0.319 e. The molecule has 0 saturated heterocycles. The molecule has 272 valence electrons. The van der Waals surface area contributed by atoms with Crippen molar-refractivity contribution in [3.8, 4) is 0 Å². The zero-order valence-corrected chi connectivity index (χ0v) is 34.7. The summed E-state index contributed by atoms with van der Waals surface area (Å²) >= 11 is 0. The van der Waals surface area contributed by atoms with Crippen LogP contribution in [0, 0.1) is 0 Å². The van der Waals surface area contributed by atoms with Crippen molar-refractivity contribution in [1.82, 2.24) is 26.6 Å². The summed E-state index contributed by atoms with van der Waals surface area (Å²) in [5.41, 5.74) is 0. The molecule has 0 heterocycles. The van der Waals surface area contributed by atoms with Gasteiger partial charge in [-0.3, -0.25) is 0 Å². The zero-order valence-electron chi connectivity index (χ0n) is 29.0. The van der Waals surface area contributed by atoms with E-state index < -0.39 is 64.5 Å². The lowest BCUT2D eigenvalue weighted by Crippen LogP contribution is -2.53. The molecule has 45 heavy (non-hydrogen) atoms. The van der Waals surface area contributed by atoms with Gasteiger partial charge in [0.25, 0.3) is 0 Å². The van der Waals surface area contributed by atoms with Crippen molar-refractivity contribution < 1.29 is 41.3 Å². The predicted octanol–water partition coefficient (Wildman–Crippen LogP) is -2.57. The van der Waals surface area contributed by atoms with Crippen molar-refractivity contribution >= 4 is 46.2 Å². The highest BCUT2D eigenvalue weighted by Gasteiger charge is 2.38. The van der Waals surface area contributed by atoms with Crippen molar-refractivity contribution in [2.24, 2.45) is 0 Å². The van der Waals surface area contributed by atoms with Gasteiger partial charge < -0.3 is 67.9 Å². The van der Waals surface area contributed by atoms with E-state index in [9.17, 15) is 19.2 Å². The molecule has 0 radical (unpaired) electrons. The van der Waals surface area contributed by atoms with E-state index in [0.717, 1.165) is 70.9 Å². The molecule has 0 aromatic rings. The monoisotopic (exact) mass is 735 g/mol. The van der Waals surface area contributed by atoms with Crippen LogP contribution in [0.1, 0.15) is 32.1 Å². The maximum atomic E-state index is 11.1. The minimum atomic E-state index is -2.71. The Morgan fingerprint density at radius 1 is 0.467 bits per heavy atom. The molecule has 0 aromatic carbocycles. The average Bonchev–Trinajstić information content (AvgIpc) is 3.01. The highest BCUT2D eigenvalue weighted by Crippen LogP contribution is 2.20. The van der Waals surface area contributed by atoms with Crippen LogP contribution in [0.15, 0.2) is 0 Å². The van der Waals surface area contributed by atoms with Crippen LogP contribution in [0.25, 0.3) is 0 Å². The first kappa shape index (κ1) is 45.5. The number of rotatable bonds is 34. The summed E-state index contributed by atoms with van der Waals surface area (Å²) in [6.45, 7) is 6.29. The fourth-order valence-electron chi connectivity index (χ4n) is 4.64. The molecular weight excluding hydrogens is 667 g/mol. The molecule has 0 saturated carbocycles. The van der Waals surface area contributed by atoms with Gasteiger partial charge in [0.1, 0.15) is 6.10 Å². The Bertz CT molecular complexity index is 610. The summed E-state index contributed by atoms with van der Waals surface area (Å²) in [6, 6.07) is 3.13. The number of hydrogen-bond acceptors (Lipinski definition) is 14. The number of hydrogen-bond donors (Lipinski definition) is 9. The van der Waals surface area contributed by atoms with E-state index >= 15 is 0 Å². The summed E-state index contributed by atoms with van der Waals surface area (Å²) in [4.78, 5) is 43.9. The molecule has 0 fully saturated rings. The largest absolute Gasteiger partial charge is 0.418 e. The Morgan fingerprint density at radius 3 is 1.20 bits per heavy atom. The van der Waals surface area contributed by atoms with Gasteiger partial charge in [0.15, 0.2) is 9.04 Å². The predicted molar refractivity (Wildman–Crippen MR) is 194 cm³/mol. The molecule has 14 nitrogen and oxygen atoms in total. The molecule has 8 unspecified atom stereocenters. The van der Waals surface area contributed by atoms with Crippen LogP contribution in [0.3, 0.4) is 0 Å². The minimum absolute atomic E-state index is 0.00223. The second-order valence-electron chi connectivity index (χ2n) is 11.5. The Kier molecular flexibility index (Phi) is 32.1. The van der Waals surface area contributed by atoms with E-state index in [-0.39, 0.29) is 13.2 Å². The van der Waals surface area contributed by atoms with E-state index in [2.05, 4.69) is 33.1 Å². The van der Waals surface area contributed by atoms with Crippen LogP contribution in [-0.4, -0.2) is 165 Å². The third kappa shape index (κ3) is 26.1. The van der Waals surface area contributed by atoms with Crippen molar-refractivity contribution in [1.29, 1.82) is 0 Å². The summed E-state index contributed by atoms with van der Waals surface area (Å²) < 4.78 is 31.5. The van der Waals surface area contributed by atoms with Gasteiger partial charge in [0.05, 0.1) is 25.4 Å². The summed E-state index contributed by atoms with van der Waals surface area (Å²) in [5.74, 6) is 0. The molecular formula is C26H69N5O9Si5. The molecule has 0 aliphatic rings. The highest BCUT2D eigenvalue weighted by atomic mass is 28.3. The second-order valence-corrected chi connectivity index (χ2v) is 21.1. The van der Waals surface area contributed by atoms with Crippen LogP contribution in [0.5, 0.6) is 0 Å². The van der Waals surface area contributed by atoms with Crippen molar-refractivity contribution in [3.05, 3.63) is 0 Å². The SMILES string of the molecule is CNCCC[SiH](C)OCC(O[SiH](O)CCCNC)C(O[SiH](O)CCCNC)C(CO[SiH](O)CCCNC)O[SiH](O)CCCNC. The van der Waals surface area contributed by atoms with Gasteiger partial charge in [0.2, 0.25) is 0 Å². The lowest BCUT2D eigenvalue weighted by atomic mass is 10.1. The summed E-state index contributed by atoms with van der Waals surface area (Å²) in [6.07, 6.45) is 1.70. The van der Waals surface area contributed by atoms with E-state index in [1.165, 1.54) is 0 Å². The number of nitrogens with one attached hydrogen (secondary N) is 5. The molecule has 8 atom stereocenters. The van der Waals surface area contributed by atoms with Crippen LogP contribution in [-0.2, 0) is 22.1 Å². The highest BCUT2D eigenvalue weighted by molar-refractivity contribution is 6.50. The lowest BCUT2D eigenvalue weighted by Gasteiger charge is -2.37. The first-order valence-corrected chi connectivity index (χ1v) is 26.5. The van der Waals surface area contributed by atoms with Gasteiger partial charge >= 0.3 is 37.1 Å². The standard InChI is InChI=1S/C26H69N5O9Si5/c1-27-12-7-17-41(6)36-22-24(38-43(33)19-9-14-29-3)26(40-45(35)21-11-16-31-5)25(39-44(34)20-10-15-30-4)23-37-42(32)18-8-13-28-2/h24-35,41-45H,7-23H2,1-6H3. The maximum absolute atomic E-state index is 11.1. The van der Waals surface area contributed by atoms with Gasteiger partial charge in [-0.25, -0.2) is 0 Å². The van der Waals surface area contributed by atoms with Gasteiger partial charge in [-0.15, -0.1) is 0 Å². The quantitative estimate of drug-likeness (QED) is 0.0248. The molecule has 0 spiro atoms. The van der Waals surface area contributed by atoms with Crippen LogP contribution < -0.4 is 26.6 Å². The van der Waals surface area contributed by atoms with Crippen molar-refractivity contribution in [3.63, 3.8) is 0 Å². The van der Waals surface area contributed by atoms with E-state index in [0.29, 0.717) is 24.2 Å². The van der Waals surface area contributed by atoms with Crippen LogP contribution in [0.2, 0.25) is 36.8 Å². The fourth-order valence-corrected chi connectivity index (χ4v) is 11.3. The molecule has 0 amide bonds. The van der Waals surface area contributed by atoms with E-state index in [1.807, 2.05) is 35.2 Å². The summed E-state index contributed by atoms with van der Waals surface area (Å²) in [7, 11) is -2.70. The first-order valence-electron chi connectivity index (χ1n) is 16.9. The average molecular weight is 736 g/mol. The Morgan fingerprint density at radius 2 is 0.800 bits per heavy atom. The molecule has 0 rings (SSSR count). The first-order chi connectivity index (χ1) is 21.7. The maximum Gasteiger partial charge on any atom is 0.319 e. The Hall–Kier alpha value is 0.524. The van der Waals surface area contributed by atoms with Crippen LogP contribution >= 0.6 is 0 Å². The third-order valence-electron chi connectivity index (χ3n) is 7.26. The molecule has 0 aromatic heterocycles. The Balaban J connectivity index is 6.20. The van der Waals surface area contributed by atoms with E-state index in [4.69, 9.17) is 22.1 Å². The molecule has 19 heteroatoms. The molecule has 0 aliphatic carbocycles. The topological polar surface area (TPSA) is 187 Å². The van der Waals surface area contributed by atoms with Crippen molar-refractivity contribution in [2.45, 2.75) is 87.2 Å². The molecule has 9 N–H and O–H groups in total. The minimum Gasteiger partial charge on any atom is -0.418 e.